The molecule has 0 radical (unpaired) electrons. The third kappa shape index (κ3) is 5.40. The Morgan fingerprint density at radius 1 is 1.11 bits per heavy atom. The molecule has 2 heterocycles. The van der Waals surface area contributed by atoms with Crippen LogP contribution in [-0.4, -0.2) is 73.9 Å². The first-order valence-electron chi connectivity index (χ1n) is 8.88. The van der Waals surface area contributed by atoms with E-state index in [1.165, 1.54) is 18.4 Å². The molecule has 0 saturated carbocycles. The number of carbonyl (C=O) groups excluding carboxylic acids is 2. The summed E-state index contributed by atoms with van der Waals surface area (Å²) in [6, 6.07) is 7.99. The maximum absolute atomic E-state index is 12.3. The van der Waals surface area contributed by atoms with Gasteiger partial charge < -0.3 is 14.4 Å². The number of rotatable bonds is 7. The quantitative estimate of drug-likeness (QED) is 0.682. The lowest BCUT2D eigenvalue weighted by Gasteiger charge is -2.35. The smallest absolute Gasteiger partial charge is 0.312 e. The molecule has 10 heteroatoms. The predicted octanol–water partition coefficient (Wildman–Crippen LogP) is 1.02. The SMILES string of the molecule is COC(=O)Cc1nnc(NC(=O)CN2CCN(c3ccc(OC)cc3)CC2)s1. The van der Waals surface area contributed by atoms with Crippen LogP contribution in [0, 0.1) is 0 Å². The molecule has 1 amide bonds. The minimum atomic E-state index is -0.385. The van der Waals surface area contributed by atoms with Gasteiger partial charge in [0, 0.05) is 31.9 Å². The summed E-state index contributed by atoms with van der Waals surface area (Å²) in [6.07, 6.45) is 0.0529. The van der Waals surface area contributed by atoms with Crippen LogP contribution < -0.4 is 15.0 Å². The molecule has 0 aliphatic carbocycles. The van der Waals surface area contributed by atoms with E-state index in [-0.39, 0.29) is 18.3 Å². The highest BCUT2D eigenvalue weighted by atomic mass is 32.1. The first-order chi connectivity index (χ1) is 13.6. The number of ether oxygens (including phenoxy) is 2. The van der Waals surface area contributed by atoms with Crippen LogP contribution in [0.2, 0.25) is 0 Å². The fourth-order valence-electron chi connectivity index (χ4n) is 2.89. The van der Waals surface area contributed by atoms with Crippen LogP contribution in [0.25, 0.3) is 0 Å². The first-order valence-corrected chi connectivity index (χ1v) is 9.69. The fraction of sp³-hybridized carbons (Fsp3) is 0.444. The van der Waals surface area contributed by atoms with Crippen molar-refractivity contribution in [1.29, 1.82) is 0 Å². The summed E-state index contributed by atoms with van der Waals surface area (Å²) in [6.45, 7) is 3.58. The van der Waals surface area contributed by atoms with Gasteiger partial charge in [0.1, 0.15) is 10.8 Å². The van der Waals surface area contributed by atoms with E-state index in [2.05, 4.69) is 30.1 Å². The van der Waals surface area contributed by atoms with Gasteiger partial charge in [-0.15, -0.1) is 10.2 Å². The van der Waals surface area contributed by atoms with Crippen LogP contribution in [-0.2, 0) is 20.7 Å². The second-order valence-corrected chi connectivity index (χ2v) is 7.33. The Morgan fingerprint density at radius 2 is 1.82 bits per heavy atom. The van der Waals surface area contributed by atoms with Gasteiger partial charge in [0.15, 0.2) is 0 Å². The summed E-state index contributed by atoms with van der Waals surface area (Å²) in [5.74, 6) is 0.313. The van der Waals surface area contributed by atoms with Crippen molar-refractivity contribution in [3.63, 3.8) is 0 Å². The lowest BCUT2D eigenvalue weighted by molar-refractivity contribution is -0.139. The zero-order valence-corrected chi connectivity index (χ0v) is 16.7. The summed E-state index contributed by atoms with van der Waals surface area (Å²) >= 11 is 1.18. The number of nitrogens with zero attached hydrogens (tertiary/aromatic N) is 4. The standard InChI is InChI=1S/C18H23N5O4S/c1-26-14-5-3-13(4-6-14)23-9-7-22(8-10-23)12-15(24)19-18-21-20-16(28-18)11-17(25)27-2/h3-6H,7-12H2,1-2H3,(H,19,21,24). The predicted molar refractivity (Wildman–Crippen MR) is 106 cm³/mol. The molecule has 1 N–H and O–H groups in total. The van der Waals surface area contributed by atoms with Gasteiger partial charge in [-0.3, -0.25) is 19.8 Å². The summed E-state index contributed by atoms with van der Waals surface area (Å²) in [5, 5.41) is 11.4. The van der Waals surface area contributed by atoms with E-state index in [0.717, 1.165) is 37.6 Å². The molecular formula is C18H23N5O4S. The molecule has 1 aliphatic rings. The number of hydrogen-bond donors (Lipinski definition) is 1. The molecular weight excluding hydrogens is 382 g/mol. The highest BCUT2D eigenvalue weighted by Gasteiger charge is 2.20. The van der Waals surface area contributed by atoms with Crippen molar-refractivity contribution in [2.75, 3.05) is 57.2 Å². The third-order valence-corrected chi connectivity index (χ3v) is 5.25. The number of methoxy groups -OCH3 is 2. The Labute approximate surface area is 167 Å². The second-order valence-electron chi connectivity index (χ2n) is 6.26. The number of anilines is 2. The van der Waals surface area contributed by atoms with E-state index in [0.29, 0.717) is 16.7 Å². The molecule has 1 aromatic heterocycles. The molecule has 3 rings (SSSR count). The highest BCUT2D eigenvalue weighted by Crippen LogP contribution is 2.20. The van der Waals surface area contributed by atoms with E-state index >= 15 is 0 Å². The molecule has 1 saturated heterocycles. The van der Waals surface area contributed by atoms with Crippen molar-refractivity contribution in [3.05, 3.63) is 29.3 Å². The molecule has 1 aliphatic heterocycles. The molecule has 0 bridgehead atoms. The zero-order chi connectivity index (χ0) is 19.9. The van der Waals surface area contributed by atoms with Gasteiger partial charge in [0.25, 0.3) is 0 Å². The van der Waals surface area contributed by atoms with Crippen LogP contribution in [0.15, 0.2) is 24.3 Å². The average Bonchev–Trinajstić information content (AvgIpc) is 3.15. The number of piperazine rings is 1. The minimum Gasteiger partial charge on any atom is -0.497 e. The molecule has 1 fully saturated rings. The zero-order valence-electron chi connectivity index (χ0n) is 15.9. The van der Waals surface area contributed by atoms with Gasteiger partial charge in [0.05, 0.1) is 27.2 Å². The fourth-order valence-corrected chi connectivity index (χ4v) is 3.63. The molecule has 9 nitrogen and oxygen atoms in total. The average molecular weight is 405 g/mol. The maximum atomic E-state index is 12.3. The van der Waals surface area contributed by atoms with Crippen LogP contribution >= 0.6 is 11.3 Å². The van der Waals surface area contributed by atoms with Gasteiger partial charge in [-0.05, 0) is 24.3 Å². The number of nitrogens with one attached hydrogen (secondary N) is 1. The molecule has 150 valence electrons. The van der Waals surface area contributed by atoms with E-state index in [1.807, 2.05) is 24.3 Å². The Bertz CT molecular complexity index is 803. The van der Waals surface area contributed by atoms with Crippen molar-refractivity contribution < 1.29 is 19.1 Å². The molecule has 0 unspecified atom stereocenters. The molecule has 0 spiro atoms. The molecule has 2 aromatic rings. The van der Waals surface area contributed by atoms with Crippen molar-refractivity contribution in [3.8, 4) is 5.75 Å². The van der Waals surface area contributed by atoms with Gasteiger partial charge in [-0.1, -0.05) is 11.3 Å². The summed E-state index contributed by atoms with van der Waals surface area (Å²) in [7, 11) is 2.97. The monoisotopic (exact) mass is 405 g/mol. The van der Waals surface area contributed by atoms with Crippen LogP contribution in [0.3, 0.4) is 0 Å². The molecule has 1 aromatic carbocycles. The van der Waals surface area contributed by atoms with Crippen LogP contribution in [0.5, 0.6) is 5.75 Å². The Balaban J connectivity index is 1.44. The maximum Gasteiger partial charge on any atom is 0.312 e. The van der Waals surface area contributed by atoms with Crippen molar-refractivity contribution in [2.24, 2.45) is 0 Å². The van der Waals surface area contributed by atoms with Crippen molar-refractivity contribution >= 4 is 34.0 Å². The summed E-state index contributed by atoms with van der Waals surface area (Å²) < 4.78 is 9.78. The van der Waals surface area contributed by atoms with E-state index in [1.54, 1.807) is 7.11 Å². The first kappa shape index (κ1) is 20.0. The molecule has 28 heavy (non-hydrogen) atoms. The van der Waals surface area contributed by atoms with Crippen LogP contribution in [0.4, 0.5) is 10.8 Å². The number of carbonyl (C=O) groups is 2. The van der Waals surface area contributed by atoms with Gasteiger partial charge in [0.2, 0.25) is 11.0 Å². The Kier molecular flexibility index (Phi) is 6.77. The largest absolute Gasteiger partial charge is 0.497 e. The lowest BCUT2D eigenvalue weighted by atomic mass is 10.2. The van der Waals surface area contributed by atoms with E-state index in [9.17, 15) is 9.59 Å². The second kappa shape index (κ2) is 9.47. The summed E-state index contributed by atoms with van der Waals surface area (Å²) in [5.41, 5.74) is 1.15. The van der Waals surface area contributed by atoms with E-state index < -0.39 is 0 Å². The summed E-state index contributed by atoms with van der Waals surface area (Å²) in [4.78, 5) is 27.9. The lowest BCUT2D eigenvalue weighted by Crippen LogP contribution is -2.48. The van der Waals surface area contributed by atoms with Crippen LogP contribution in [0.1, 0.15) is 5.01 Å². The number of benzene rings is 1. The number of amides is 1. The van der Waals surface area contributed by atoms with Crippen molar-refractivity contribution in [1.82, 2.24) is 15.1 Å². The van der Waals surface area contributed by atoms with E-state index in [4.69, 9.17) is 4.74 Å². The number of aromatic nitrogens is 2. The third-order valence-electron chi connectivity index (χ3n) is 4.41. The highest BCUT2D eigenvalue weighted by molar-refractivity contribution is 7.15. The normalized spacial score (nSPS) is 14.6. The minimum absolute atomic E-state index is 0.0529. The Hall–Kier alpha value is -2.72. The van der Waals surface area contributed by atoms with Gasteiger partial charge in [-0.25, -0.2) is 0 Å². The topological polar surface area (TPSA) is 96.9 Å². The van der Waals surface area contributed by atoms with Gasteiger partial charge in [-0.2, -0.15) is 0 Å². The van der Waals surface area contributed by atoms with Crippen molar-refractivity contribution in [2.45, 2.75) is 6.42 Å². The molecule has 0 atom stereocenters. The number of hydrogen-bond acceptors (Lipinski definition) is 9. The number of esters is 1. The van der Waals surface area contributed by atoms with Gasteiger partial charge >= 0.3 is 5.97 Å². The Morgan fingerprint density at radius 3 is 2.46 bits per heavy atom.